The molecular formula is C9H11NO3. The van der Waals surface area contributed by atoms with Gasteiger partial charge in [0.1, 0.15) is 11.8 Å². The van der Waals surface area contributed by atoms with Crippen LogP contribution in [0, 0.1) is 0 Å². The molecule has 0 aromatic heterocycles. The van der Waals surface area contributed by atoms with Crippen LogP contribution in [-0.4, -0.2) is 22.2 Å². The molecule has 0 heterocycles. The predicted molar refractivity (Wildman–Crippen MR) is 47.4 cm³/mol. The summed E-state index contributed by atoms with van der Waals surface area (Å²) in [7, 11) is 0. The van der Waals surface area contributed by atoms with Crippen LogP contribution in [0.5, 0.6) is 5.75 Å². The number of hydrogen-bond acceptors (Lipinski definition) is 3. The molecule has 70 valence electrons. The molecule has 1 atom stereocenters. The first-order valence-corrected chi connectivity index (χ1v) is 3.86. The van der Waals surface area contributed by atoms with Gasteiger partial charge in [-0.1, -0.05) is 12.1 Å². The van der Waals surface area contributed by atoms with Gasteiger partial charge in [-0.25, -0.2) is 0 Å². The Hall–Kier alpha value is -1.55. The highest BCUT2D eigenvalue weighted by atomic mass is 16.5. The van der Waals surface area contributed by atoms with Crippen LogP contribution in [0.4, 0.5) is 0 Å². The van der Waals surface area contributed by atoms with Gasteiger partial charge in [0.05, 0.1) is 0 Å². The predicted octanol–water partition coefficient (Wildman–Crippen LogP) is 0.347. The number of nitrogens with two attached hydrogens (primary N) is 1. The normalized spacial score (nSPS) is 12.4. The summed E-state index contributed by atoms with van der Waals surface area (Å²) in [6.07, 6.45) is 0.273. The summed E-state index contributed by atoms with van der Waals surface area (Å²) in [5.41, 5.74) is 6.12. The molecule has 0 aliphatic rings. The standard InChI is InChI=1S/C9H11NO3/c10-8(9(12)13)5-6-1-3-7(11)4-2-6/h1-4,8,11H,5,10H2,(H,12,13)/i9+1. The second-order valence-corrected chi connectivity index (χ2v) is 2.82. The summed E-state index contributed by atoms with van der Waals surface area (Å²) in [6, 6.07) is 5.42. The fourth-order valence-corrected chi connectivity index (χ4v) is 0.973. The number of benzene rings is 1. The number of aliphatic carboxylic acids is 1. The van der Waals surface area contributed by atoms with Gasteiger partial charge in [0.25, 0.3) is 0 Å². The van der Waals surface area contributed by atoms with Crippen LogP contribution in [-0.2, 0) is 11.2 Å². The van der Waals surface area contributed by atoms with Gasteiger partial charge in [0.15, 0.2) is 0 Å². The van der Waals surface area contributed by atoms with Gasteiger partial charge in [-0.05, 0) is 24.1 Å². The third-order valence-electron chi connectivity index (χ3n) is 1.71. The molecule has 0 fully saturated rings. The first-order chi connectivity index (χ1) is 6.09. The zero-order chi connectivity index (χ0) is 9.84. The summed E-state index contributed by atoms with van der Waals surface area (Å²) in [6.45, 7) is 0. The van der Waals surface area contributed by atoms with Crippen molar-refractivity contribution in [3.05, 3.63) is 29.8 Å². The Morgan fingerprint density at radius 3 is 2.38 bits per heavy atom. The van der Waals surface area contributed by atoms with Gasteiger partial charge in [-0.3, -0.25) is 4.79 Å². The van der Waals surface area contributed by atoms with E-state index in [1.807, 2.05) is 0 Å². The van der Waals surface area contributed by atoms with Crippen LogP contribution in [0.1, 0.15) is 5.56 Å². The lowest BCUT2D eigenvalue weighted by Crippen LogP contribution is -2.32. The average molecular weight is 182 g/mol. The van der Waals surface area contributed by atoms with Crippen LogP contribution < -0.4 is 5.73 Å². The van der Waals surface area contributed by atoms with E-state index in [0.29, 0.717) is 0 Å². The van der Waals surface area contributed by atoms with E-state index in [1.54, 1.807) is 12.1 Å². The Labute approximate surface area is 75.6 Å². The molecule has 1 aromatic rings. The third kappa shape index (κ3) is 2.76. The first-order valence-electron chi connectivity index (χ1n) is 3.86. The molecule has 0 radical (unpaired) electrons. The zero-order valence-electron chi connectivity index (χ0n) is 6.97. The molecule has 0 spiro atoms. The molecule has 0 aliphatic carbocycles. The summed E-state index contributed by atoms with van der Waals surface area (Å²) in [4.78, 5) is 10.4. The van der Waals surface area contributed by atoms with Gasteiger partial charge in [-0.2, -0.15) is 0 Å². The Morgan fingerprint density at radius 1 is 1.38 bits per heavy atom. The van der Waals surface area contributed by atoms with E-state index in [9.17, 15) is 4.79 Å². The van der Waals surface area contributed by atoms with E-state index >= 15 is 0 Å². The van der Waals surface area contributed by atoms with Crippen molar-refractivity contribution in [2.24, 2.45) is 5.73 Å². The van der Waals surface area contributed by atoms with Gasteiger partial charge < -0.3 is 15.9 Å². The topological polar surface area (TPSA) is 83.5 Å². The smallest absolute Gasteiger partial charge is 0.320 e. The van der Waals surface area contributed by atoms with Crippen molar-refractivity contribution in [2.75, 3.05) is 0 Å². The fourth-order valence-electron chi connectivity index (χ4n) is 0.973. The Bertz CT molecular complexity index is 294. The Morgan fingerprint density at radius 2 is 1.92 bits per heavy atom. The van der Waals surface area contributed by atoms with Crippen molar-refractivity contribution in [3.8, 4) is 5.75 Å². The van der Waals surface area contributed by atoms with Crippen molar-refractivity contribution in [2.45, 2.75) is 12.5 Å². The molecule has 13 heavy (non-hydrogen) atoms. The molecule has 4 heteroatoms. The molecule has 4 nitrogen and oxygen atoms in total. The van der Waals surface area contributed by atoms with Crippen LogP contribution in [0.25, 0.3) is 0 Å². The molecular weight excluding hydrogens is 171 g/mol. The molecule has 0 bridgehead atoms. The van der Waals surface area contributed by atoms with Gasteiger partial charge >= 0.3 is 5.97 Å². The van der Waals surface area contributed by atoms with Crippen LogP contribution in [0.3, 0.4) is 0 Å². The van der Waals surface area contributed by atoms with Gasteiger partial charge in [0.2, 0.25) is 0 Å². The summed E-state index contributed by atoms with van der Waals surface area (Å²) in [5, 5.41) is 17.5. The minimum atomic E-state index is -1.02. The lowest BCUT2D eigenvalue weighted by molar-refractivity contribution is -0.138. The van der Waals surface area contributed by atoms with E-state index in [4.69, 9.17) is 15.9 Å². The summed E-state index contributed by atoms with van der Waals surface area (Å²) in [5.74, 6) is -0.860. The second kappa shape index (κ2) is 3.91. The number of hydrogen-bond donors (Lipinski definition) is 3. The maximum absolute atomic E-state index is 10.4. The van der Waals surface area contributed by atoms with Crippen molar-refractivity contribution in [1.29, 1.82) is 0 Å². The number of rotatable bonds is 3. The summed E-state index contributed by atoms with van der Waals surface area (Å²) < 4.78 is 0. The monoisotopic (exact) mass is 182 g/mol. The molecule has 0 aliphatic heterocycles. The molecule has 1 aromatic carbocycles. The molecule has 1 unspecified atom stereocenters. The van der Waals surface area contributed by atoms with Gasteiger partial charge in [-0.15, -0.1) is 0 Å². The highest BCUT2D eigenvalue weighted by Gasteiger charge is 2.11. The maximum Gasteiger partial charge on any atom is 0.320 e. The number of aromatic hydroxyl groups is 1. The average Bonchev–Trinajstić information content (AvgIpc) is 2.08. The highest BCUT2D eigenvalue weighted by molar-refractivity contribution is 5.73. The number of phenols is 1. The van der Waals surface area contributed by atoms with E-state index in [0.717, 1.165) is 5.56 Å². The van der Waals surface area contributed by atoms with E-state index in [2.05, 4.69) is 0 Å². The second-order valence-electron chi connectivity index (χ2n) is 2.82. The molecule has 0 amide bonds. The van der Waals surface area contributed by atoms with Crippen molar-refractivity contribution < 1.29 is 15.0 Å². The molecule has 0 saturated carbocycles. The number of phenolic OH excluding ortho intramolecular Hbond substituents is 1. The maximum atomic E-state index is 10.4. The number of carboxylic acid groups (broad SMARTS) is 1. The van der Waals surface area contributed by atoms with Crippen LogP contribution in [0.15, 0.2) is 24.3 Å². The Kier molecular flexibility index (Phi) is 2.87. The third-order valence-corrected chi connectivity index (χ3v) is 1.71. The van der Waals surface area contributed by atoms with Crippen molar-refractivity contribution in [1.82, 2.24) is 0 Å². The summed E-state index contributed by atoms with van der Waals surface area (Å²) >= 11 is 0. The molecule has 1 rings (SSSR count). The Balaban J connectivity index is 2.64. The molecule has 0 saturated heterocycles. The highest BCUT2D eigenvalue weighted by Crippen LogP contribution is 2.10. The van der Waals surface area contributed by atoms with E-state index in [1.165, 1.54) is 12.1 Å². The van der Waals surface area contributed by atoms with Crippen LogP contribution in [0.2, 0.25) is 0 Å². The van der Waals surface area contributed by atoms with E-state index < -0.39 is 12.0 Å². The first kappa shape index (κ1) is 9.54. The van der Waals surface area contributed by atoms with Crippen molar-refractivity contribution >= 4 is 5.97 Å². The number of carboxylic acids is 1. The fraction of sp³-hybridized carbons (Fsp3) is 0.222. The lowest BCUT2D eigenvalue weighted by atomic mass is 10.1. The van der Waals surface area contributed by atoms with Crippen molar-refractivity contribution in [3.63, 3.8) is 0 Å². The minimum absolute atomic E-state index is 0.160. The quantitative estimate of drug-likeness (QED) is 0.589. The SMILES string of the molecule is NC(Cc1ccc(O)cc1)[13C](=O)O. The number of carbonyl (C=O) groups is 1. The van der Waals surface area contributed by atoms with Gasteiger partial charge in [0, 0.05) is 0 Å². The minimum Gasteiger partial charge on any atom is -0.508 e. The largest absolute Gasteiger partial charge is 0.508 e. The van der Waals surface area contributed by atoms with Crippen LogP contribution >= 0.6 is 0 Å². The van der Waals surface area contributed by atoms with E-state index in [-0.39, 0.29) is 12.2 Å². The molecule has 4 N–H and O–H groups in total. The zero-order valence-corrected chi connectivity index (χ0v) is 6.97. The lowest BCUT2D eigenvalue weighted by Gasteiger charge is -2.05.